The van der Waals surface area contributed by atoms with Gasteiger partial charge in [0.1, 0.15) is 0 Å². The van der Waals surface area contributed by atoms with Crippen LogP contribution in [0.25, 0.3) is 0 Å². The van der Waals surface area contributed by atoms with Gasteiger partial charge in [-0.1, -0.05) is 0 Å². The highest BCUT2D eigenvalue weighted by molar-refractivity contribution is 6.28. The van der Waals surface area contributed by atoms with Crippen molar-refractivity contribution in [2.24, 2.45) is 5.41 Å². The van der Waals surface area contributed by atoms with Crippen LogP contribution < -0.4 is 11.1 Å². The molecule has 0 aromatic carbocycles. The van der Waals surface area contributed by atoms with Crippen molar-refractivity contribution in [1.29, 1.82) is 0 Å². The summed E-state index contributed by atoms with van der Waals surface area (Å²) < 4.78 is 0. The van der Waals surface area contributed by atoms with Crippen LogP contribution in [0, 0.1) is 5.41 Å². The minimum Gasteiger partial charge on any atom is -0.396 e. The van der Waals surface area contributed by atoms with E-state index in [9.17, 15) is 0 Å². The van der Waals surface area contributed by atoms with Crippen molar-refractivity contribution < 1.29 is 5.11 Å². The first kappa shape index (κ1) is 11.3. The Bertz CT molecular complexity index is 362. The van der Waals surface area contributed by atoms with Gasteiger partial charge in [-0.2, -0.15) is 15.0 Å². The minimum atomic E-state index is 0.0852. The average Bonchev–Trinajstić information content (AvgIpc) is 2.95. The lowest BCUT2D eigenvalue weighted by molar-refractivity contribution is 0.253. The monoisotopic (exact) mass is 243 g/mol. The molecule has 0 unspecified atom stereocenters. The summed E-state index contributed by atoms with van der Waals surface area (Å²) in [6, 6.07) is 0. The lowest BCUT2D eigenvalue weighted by atomic mass is 10.0. The highest BCUT2D eigenvalue weighted by Crippen LogP contribution is 2.48. The van der Waals surface area contributed by atoms with Crippen LogP contribution in [-0.4, -0.2) is 33.2 Å². The Morgan fingerprint density at radius 1 is 1.38 bits per heavy atom. The number of nitrogens with one attached hydrogen (secondary N) is 1. The molecular formula is C9H14ClN5O. The molecule has 0 saturated heterocycles. The number of hydrogen-bond acceptors (Lipinski definition) is 6. The molecule has 0 atom stereocenters. The molecule has 0 bridgehead atoms. The molecule has 0 amide bonds. The van der Waals surface area contributed by atoms with E-state index < -0.39 is 0 Å². The van der Waals surface area contributed by atoms with E-state index in [1.807, 2.05) is 0 Å². The first-order chi connectivity index (χ1) is 7.63. The largest absolute Gasteiger partial charge is 0.396 e. The molecule has 0 radical (unpaired) electrons. The molecule has 4 N–H and O–H groups in total. The Morgan fingerprint density at radius 3 is 2.69 bits per heavy atom. The van der Waals surface area contributed by atoms with E-state index in [4.69, 9.17) is 22.4 Å². The van der Waals surface area contributed by atoms with Gasteiger partial charge in [0.05, 0.1) is 0 Å². The number of halogens is 1. The van der Waals surface area contributed by atoms with Crippen molar-refractivity contribution in [3.8, 4) is 0 Å². The lowest BCUT2D eigenvalue weighted by Gasteiger charge is -2.14. The molecule has 0 aliphatic heterocycles. The summed E-state index contributed by atoms with van der Waals surface area (Å²) in [6.45, 7) is 0.940. The molecule has 1 aliphatic rings. The molecule has 1 aromatic rings. The summed E-state index contributed by atoms with van der Waals surface area (Å²) in [5.74, 6) is 0.496. The molecule has 88 valence electrons. The van der Waals surface area contributed by atoms with Crippen molar-refractivity contribution in [2.75, 3.05) is 24.2 Å². The molecule has 1 aliphatic carbocycles. The topological polar surface area (TPSA) is 97.0 Å². The van der Waals surface area contributed by atoms with E-state index in [0.29, 0.717) is 5.95 Å². The van der Waals surface area contributed by atoms with Crippen LogP contribution in [0.3, 0.4) is 0 Å². The SMILES string of the molecule is Nc1nc(Cl)nc(NCC2(CCO)CC2)n1. The number of hydrogen-bond donors (Lipinski definition) is 3. The van der Waals surface area contributed by atoms with Crippen molar-refractivity contribution in [3.05, 3.63) is 5.28 Å². The Hall–Kier alpha value is -1.14. The Morgan fingerprint density at radius 2 is 2.12 bits per heavy atom. The third kappa shape index (κ3) is 2.70. The fourth-order valence-electron chi connectivity index (χ4n) is 1.64. The van der Waals surface area contributed by atoms with Gasteiger partial charge in [-0.3, -0.25) is 0 Å². The smallest absolute Gasteiger partial charge is 0.228 e. The van der Waals surface area contributed by atoms with E-state index in [1.54, 1.807) is 0 Å². The number of rotatable bonds is 5. The second-order valence-electron chi connectivity index (χ2n) is 4.11. The normalized spacial score (nSPS) is 17.1. The fraction of sp³-hybridized carbons (Fsp3) is 0.667. The number of anilines is 2. The quantitative estimate of drug-likeness (QED) is 0.704. The Balaban J connectivity index is 1.94. The van der Waals surface area contributed by atoms with Gasteiger partial charge >= 0.3 is 0 Å². The number of nitrogens with zero attached hydrogens (tertiary/aromatic N) is 3. The van der Waals surface area contributed by atoms with Crippen molar-refractivity contribution in [3.63, 3.8) is 0 Å². The van der Waals surface area contributed by atoms with Crippen molar-refractivity contribution in [2.45, 2.75) is 19.3 Å². The van der Waals surface area contributed by atoms with Gasteiger partial charge in [0.2, 0.25) is 17.2 Å². The van der Waals surface area contributed by atoms with Gasteiger partial charge in [0, 0.05) is 13.2 Å². The van der Waals surface area contributed by atoms with Crippen LogP contribution in [0.15, 0.2) is 0 Å². The number of aliphatic hydroxyl groups excluding tert-OH is 1. The van der Waals surface area contributed by atoms with Gasteiger partial charge in [-0.15, -0.1) is 0 Å². The Labute approximate surface area is 98.3 Å². The van der Waals surface area contributed by atoms with Crippen LogP contribution in [0.5, 0.6) is 0 Å². The molecule has 1 aromatic heterocycles. The standard InChI is InChI=1S/C9H14ClN5O/c10-6-13-7(11)15-8(14-6)12-5-9(1-2-9)3-4-16/h16H,1-5H2,(H3,11,12,13,14,15). The number of nitrogen functional groups attached to an aromatic ring is 1. The first-order valence-electron chi connectivity index (χ1n) is 5.15. The van der Waals surface area contributed by atoms with Gasteiger partial charge in [-0.25, -0.2) is 0 Å². The first-order valence-corrected chi connectivity index (χ1v) is 5.53. The van der Waals surface area contributed by atoms with Gasteiger partial charge in [0.25, 0.3) is 0 Å². The molecule has 1 saturated carbocycles. The maximum atomic E-state index is 8.92. The third-order valence-electron chi connectivity index (χ3n) is 2.85. The van der Waals surface area contributed by atoms with Crippen LogP contribution in [0.1, 0.15) is 19.3 Å². The third-order valence-corrected chi connectivity index (χ3v) is 3.02. The predicted molar refractivity (Wildman–Crippen MR) is 61.1 cm³/mol. The summed E-state index contributed by atoms with van der Waals surface area (Å²) in [6.07, 6.45) is 3.04. The molecule has 6 nitrogen and oxygen atoms in total. The maximum Gasteiger partial charge on any atom is 0.228 e. The molecule has 0 spiro atoms. The van der Waals surface area contributed by atoms with Crippen LogP contribution in [0.2, 0.25) is 5.28 Å². The number of nitrogens with two attached hydrogens (primary N) is 1. The summed E-state index contributed by atoms with van der Waals surface area (Å²) in [5.41, 5.74) is 5.64. The fourth-order valence-corrected chi connectivity index (χ4v) is 1.81. The molecule has 16 heavy (non-hydrogen) atoms. The van der Waals surface area contributed by atoms with E-state index >= 15 is 0 Å². The minimum absolute atomic E-state index is 0.0852. The van der Waals surface area contributed by atoms with Gasteiger partial charge < -0.3 is 16.2 Å². The van der Waals surface area contributed by atoms with Gasteiger partial charge in [-0.05, 0) is 36.3 Å². The van der Waals surface area contributed by atoms with E-state index in [2.05, 4.69) is 20.3 Å². The zero-order valence-electron chi connectivity index (χ0n) is 8.78. The molecule has 1 fully saturated rings. The zero-order valence-corrected chi connectivity index (χ0v) is 9.54. The van der Waals surface area contributed by atoms with Crippen LogP contribution in [-0.2, 0) is 0 Å². The molecule has 7 heteroatoms. The van der Waals surface area contributed by atoms with Gasteiger partial charge in [0.15, 0.2) is 0 Å². The highest BCUT2D eigenvalue weighted by Gasteiger charge is 2.41. The van der Waals surface area contributed by atoms with E-state index in [1.165, 1.54) is 0 Å². The average molecular weight is 244 g/mol. The summed E-state index contributed by atoms with van der Waals surface area (Å²) >= 11 is 5.65. The van der Waals surface area contributed by atoms with Crippen LogP contribution in [0.4, 0.5) is 11.9 Å². The molecule has 1 heterocycles. The summed E-state index contributed by atoms with van der Waals surface area (Å²) in [5, 5.41) is 12.1. The van der Waals surface area contributed by atoms with Crippen molar-refractivity contribution in [1.82, 2.24) is 15.0 Å². The summed E-state index contributed by atoms with van der Waals surface area (Å²) in [4.78, 5) is 11.5. The van der Waals surface area contributed by atoms with E-state index in [-0.39, 0.29) is 23.3 Å². The highest BCUT2D eigenvalue weighted by atomic mass is 35.5. The second-order valence-corrected chi connectivity index (χ2v) is 4.45. The maximum absolute atomic E-state index is 8.92. The molecular weight excluding hydrogens is 230 g/mol. The molecule has 2 rings (SSSR count). The Kier molecular flexibility index (Phi) is 3.11. The predicted octanol–water partition coefficient (Wildman–Crippen LogP) is 0.682. The summed E-state index contributed by atoms with van der Waals surface area (Å²) in [7, 11) is 0. The zero-order chi connectivity index (χ0) is 11.6. The number of aromatic nitrogens is 3. The number of aliphatic hydroxyl groups is 1. The lowest BCUT2D eigenvalue weighted by Crippen LogP contribution is -2.18. The van der Waals surface area contributed by atoms with E-state index in [0.717, 1.165) is 25.8 Å². The van der Waals surface area contributed by atoms with Crippen LogP contribution >= 0.6 is 11.6 Å². The van der Waals surface area contributed by atoms with Crippen molar-refractivity contribution >= 4 is 23.5 Å². The second kappa shape index (κ2) is 4.39.